The van der Waals surface area contributed by atoms with Crippen molar-refractivity contribution in [2.75, 3.05) is 25.4 Å². The number of nitrogens with zero attached hydrogens (tertiary/aromatic N) is 1. The van der Waals surface area contributed by atoms with E-state index in [-0.39, 0.29) is 30.3 Å². The molecule has 0 atom stereocenters. The first-order chi connectivity index (χ1) is 8.43. The molecule has 0 aliphatic heterocycles. The van der Waals surface area contributed by atoms with Gasteiger partial charge in [-0.25, -0.2) is 12.8 Å². The molecule has 0 aliphatic carbocycles. The van der Waals surface area contributed by atoms with Gasteiger partial charge in [-0.1, -0.05) is 6.92 Å². The maximum Gasteiger partial charge on any atom is 0.243 e. The van der Waals surface area contributed by atoms with Crippen LogP contribution in [0, 0.1) is 5.82 Å². The van der Waals surface area contributed by atoms with E-state index in [0.29, 0.717) is 6.42 Å². The molecule has 0 spiro atoms. The summed E-state index contributed by atoms with van der Waals surface area (Å²) >= 11 is 0. The summed E-state index contributed by atoms with van der Waals surface area (Å²) in [6, 6.07) is 3.41. The van der Waals surface area contributed by atoms with Crippen LogP contribution >= 0.6 is 0 Å². The van der Waals surface area contributed by atoms with Gasteiger partial charge in [0.1, 0.15) is 5.82 Å². The molecule has 0 fully saturated rings. The Hall–Kier alpha value is -1.18. The Morgan fingerprint density at radius 1 is 1.44 bits per heavy atom. The molecule has 5 nitrogen and oxygen atoms in total. The lowest BCUT2D eigenvalue weighted by Gasteiger charge is -2.20. The highest BCUT2D eigenvalue weighted by Crippen LogP contribution is 2.20. The number of aliphatic hydroxyl groups is 1. The standard InChI is InChI=1S/C11H17FN2O3S/c1-2-14(6-3-7-15)18(16,17)9-4-5-11(13)10(12)8-9/h4-5,8,15H,2-3,6-7,13H2,1H3. The highest BCUT2D eigenvalue weighted by molar-refractivity contribution is 7.89. The Morgan fingerprint density at radius 2 is 2.11 bits per heavy atom. The predicted molar refractivity (Wildman–Crippen MR) is 66.9 cm³/mol. The summed E-state index contributed by atoms with van der Waals surface area (Å²) in [7, 11) is -3.74. The molecular formula is C11H17FN2O3S. The average Bonchev–Trinajstić information content (AvgIpc) is 2.33. The molecule has 0 bridgehead atoms. The van der Waals surface area contributed by atoms with Gasteiger partial charge in [-0.15, -0.1) is 0 Å². The molecule has 0 heterocycles. The average molecular weight is 276 g/mol. The first-order valence-corrected chi connectivity index (χ1v) is 7.03. The Morgan fingerprint density at radius 3 is 2.61 bits per heavy atom. The summed E-state index contributed by atoms with van der Waals surface area (Å²) in [5.74, 6) is -0.755. The minimum Gasteiger partial charge on any atom is -0.396 e. The summed E-state index contributed by atoms with van der Waals surface area (Å²) in [5, 5.41) is 8.73. The number of nitrogen functional groups attached to an aromatic ring is 1. The molecule has 0 amide bonds. The fraction of sp³-hybridized carbons (Fsp3) is 0.455. The lowest BCUT2D eigenvalue weighted by molar-refractivity contribution is 0.271. The van der Waals surface area contributed by atoms with Gasteiger partial charge < -0.3 is 10.8 Å². The zero-order chi connectivity index (χ0) is 13.8. The molecule has 3 N–H and O–H groups in total. The van der Waals surface area contributed by atoms with E-state index in [0.717, 1.165) is 6.07 Å². The van der Waals surface area contributed by atoms with Gasteiger partial charge in [-0.2, -0.15) is 4.31 Å². The fourth-order valence-corrected chi connectivity index (χ4v) is 3.01. The van der Waals surface area contributed by atoms with Crippen LogP contribution in [0.1, 0.15) is 13.3 Å². The smallest absolute Gasteiger partial charge is 0.243 e. The zero-order valence-electron chi connectivity index (χ0n) is 10.1. The largest absolute Gasteiger partial charge is 0.396 e. The quantitative estimate of drug-likeness (QED) is 0.753. The summed E-state index contributed by atoms with van der Waals surface area (Å²) < 4.78 is 38.8. The molecule has 1 aromatic carbocycles. The molecule has 102 valence electrons. The Bertz CT molecular complexity index is 505. The third-order valence-electron chi connectivity index (χ3n) is 2.53. The van der Waals surface area contributed by atoms with E-state index < -0.39 is 15.8 Å². The third-order valence-corrected chi connectivity index (χ3v) is 4.50. The van der Waals surface area contributed by atoms with Crippen LogP contribution in [0.25, 0.3) is 0 Å². The van der Waals surface area contributed by atoms with Crippen molar-refractivity contribution in [3.63, 3.8) is 0 Å². The number of rotatable bonds is 6. The number of nitrogens with two attached hydrogens (primary N) is 1. The van der Waals surface area contributed by atoms with E-state index >= 15 is 0 Å². The van der Waals surface area contributed by atoms with Crippen LogP contribution in [0.5, 0.6) is 0 Å². The molecule has 18 heavy (non-hydrogen) atoms. The first-order valence-electron chi connectivity index (χ1n) is 5.59. The lowest BCUT2D eigenvalue weighted by Crippen LogP contribution is -2.32. The van der Waals surface area contributed by atoms with Crippen molar-refractivity contribution in [2.45, 2.75) is 18.2 Å². The number of benzene rings is 1. The van der Waals surface area contributed by atoms with Gasteiger partial charge in [0.25, 0.3) is 0 Å². The zero-order valence-corrected chi connectivity index (χ0v) is 11.0. The van der Waals surface area contributed by atoms with Gasteiger partial charge in [-0.05, 0) is 24.6 Å². The Balaban J connectivity index is 3.06. The van der Waals surface area contributed by atoms with Gasteiger partial charge in [-0.3, -0.25) is 0 Å². The Labute approximate surface area is 106 Å². The normalized spacial score (nSPS) is 12.0. The molecule has 1 aromatic rings. The van der Waals surface area contributed by atoms with E-state index in [2.05, 4.69) is 0 Å². The summed E-state index contributed by atoms with van der Waals surface area (Å²) in [6.45, 7) is 2.04. The number of sulfonamides is 1. The number of anilines is 1. The van der Waals surface area contributed by atoms with E-state index in [4.69, 9.17) is 10.8 Å². The molecule has 1 rings (SSSR count). The van der Waals surface area contributed by atoms with Crippen molar-refractivity contribution >= 4 is 15.7 Å². The molecule has 0 aromatic heterocycles. The van der Waals surface area contributed by atoms with Crippen LogP contribution in [0.4, 0.5) is 10.1 Å². The van der Waals surface area contributed by atoms with E-state index in [1.54, 1.807) is 6.92 Å². The van der Waals surface area contributed by atoms with Gasteiger partial charge in [0, 0.05) is 19.7 Å². The van der Waals surface area contributed by atoms with Crippen LogP contribution in [0.15, 0.2) is 23.1 Å². The maximum atomic E-state index is 13.3. The molecule has 0 saturated heterocycles. The Kier molecular flexibility index (Phi) is 5.06. The van der Waals surface area contributed by atoms with Crippen molar-refractivity contribution in [1.29, 1.82) is 0 Å². The van der Waals surface area contributed by atoms with Gasteiger partial charge in [0.2, 0.25) is 10.0 Å². The number of aliphatic hydroxyl groups excluding tert-OH is 1. The first kappa shape index (κ1) is 14.9. The lowest BCUT2D eigenvalue weighted by atomic mass is 10.3. The molecular weight excluding hydrogens is 259 g/mol. The van der Waals surface area contributed by atoms with Crippen molar-refractivity contribution < 1.29 is 17.9 Å². The van der Waals surface area contributed by atoms with Crippen molar-refractivity contribution in [3.05, 3.63) is 24.0 Å². The molecule has 0 unspecified atom stereocenters. The predicted octanol–water partition coefficient (Wildman–Crippen LogP) is 0.801. The minimum absolute atomic E-state index is 0.0904. The second-order valence-electron chi connectivity index (χ2n) is 3.76. The van der Waals surface area contributed by atoms with E-state index in [9.17, 15) is 12.8 Å². The highest BCUT2D eigenvalue weighted by atomic mass is 32.2. The van der Waals surface area contributed by atoms with Crippen molar-refractivity contribution in [1.82, 2.24) is 4.31 Å². The molecule has 0 radical (unpaired) electrons. The highest BCUT2D eigenvalue weighted by Gasteiger charge is 2.23. The van der Waals surface area contributed by atoms with Crippen molar-refractivity contribution in [3.8, 4) is 0 Å². The van der Waals surface area contributed by atoms with Crippen LogP contribution < -0.4 is 5.73 Å². The van der Waals surface area contributed by atoms with Crippen LogP contribution in [-0.2, 0) is 10.0 Å². The molecule has 0 saturated carbocycles. The summed E-state index contributed by atoms with van der Waals surface area (Å²) in [5.41, 5.74) is 5.21. The van der Waals surface area contributed by atoms with Gasteiger partial charge in [0.05, 0.1) is 10.6 Å². The van der Waals surface area contributed by atoms with Gasteiger partial charge in [0.15, 0.2) is 0 Å². The SMILES string of the molecule is CCN(CCCO)S(=O)(=O)c1ccc(N)c(F)c1. The van der Waals surface area contributed by atoms with Crippen LogP contribution in [0.3, 0.4) is 0 Å². The molecule has 0 aliphatic rings. The van der Waals surface area contributed by atoms with Crippen molar-refractivity contribution in [2.24, 2.45) is 0 Å². The summed E-state index contributed by atoms with van der Waals surface area (Å²) in [6.07, 6.45) is 0.338. The second-order valence-corrected chi connectivity index (χ2v) is 5.70. The monoisotopic (exact) mass is 276 g/mol. The number of hydrogen-bond donors (Lipinski definition) is 2. The van der Waals surface area contributed by atoms with Crippen LogP contribution in [0.2, 0.25) is 0 Å². The number of hydrogen-bond acceptors (Lipinski definition) is 4. The fourth-order valence-electron chi connectivity index (χ4n) is 1.51. The second kappa shape index (κ2) is 6.12. The summed E-state index contributed by atoms with van der Waals surface area (Å²) in [4.78, 5) is -0.131. The van der Waals surface area contributed by atoms with Gasteiger partial charge >= 0.3 is 0 Å². The van der Waals surface area contributed by atoms with E-state index in [1.807, 2.05) is 0 Å². The van der Waals surface area contributed by atoms with E-state index in [1.165, 1.54) is 16.4 Å². The maximum absolute atomic E-state index is 13.3. The topological polar surface area (TPSA) is 83.6 Å². The number of halogens is 1. The van der Waals surface area contributed by atoms with Crippen LogP contribution in [-0.4, -0.2) is 37.5 Å². The third kappa shape index (κ3) is 3.18. The minimum atomic E-state index is -3.74. The molecule has 7 heteroatoms.